The summed E-state index contributed by atoms with van der Waals surface area (Å²) in [6, 6.07) is 8.30. The van der Waals surface area contributed by atoms with Crippen molar-refractivity contribution in [3.63, 3.8) is 0 Å². The highest BCUT2D eigenvalue weighted by Gasteiger charge is 2.31. The maximum absolute atomic E-state index is 14.2. The van der Waals surface area contributed by atoms with Crippen LogP contribution >= 0.6 is 0 Å². The molecular formula is C21H25FN2O3. The molecule has 1 aromatic heterocycles. The zero-order valence-corrected chi connectivity index (χ0v) is 16.0. The summed E-state index contributed by atoms with van der Waals surface area (Å²) in [4.78, 5) is 26.8. The average Bonchev–Trinajstić information content (AvgIpc) is 2.96. The molecule has 0 spiro atoms. The second-order valence-electron chi connectivity index (χ2n) is 6.91. The van der Waals surface area contributed by atoms with Crippen LogP contribution in [0.3, 0.4) is 0 Å². The number of piperidine rings is 1. The molecule has 1 aliphatic heterocycles. The fourth-order valence-electron chi connectivity index (χ4n) is 3.77. The number of hydrogen-bond acceptors (Lipinski definition) is 3. The second kappa shape index (κ2) is 7.94. The second-order valence-corrected chi connectivity index (χ2v) is 6.91. The Labute approximate surface area is 158 Å². The van der Waals surface area contributed by atoms with Gasteiger partial charge in [0.1, 0.15) is 5.82 Å². The van der Waals surface area contributed by atoms with Crippen molar-refractivity contribution in [2.24, 2.45) is 5.92 Å². The number of benzene rings is 1. The van der Waals surface area contributed by atoms with E-state index in [1.54, 1.807) is 40.7 Å². The predicted molar refractivity (Wildman–Crippen MR) is 100 cm³/mol. The van der Waals surface area contributed by atoms with Gasteiger partial charge >= 0.3 is 5.97 Å². The van der Waals surface area contributed by atoms with Crippen molar-refractivity contribution in [3.8, 4) is 5.69 Å². The Morgan fingerprint density at radius 3 is 2.70 bits per heavy atom. The van der Waals surface area contributed by atoms with Crippen LogP contribution in [0.2, 0.25) is 0 Å². The highest BCUT2D eigenvalue weighted by Crippen LogP contribution is 2.26. The van der Waals surface area contributed by atoms with Crippen LogP contribution in [0.1, 0.15) is 41.5 Å². The van der Waals surface area contributed by atoms with Gasteiger partial charge in [0.2, 0.25) is 0 Å². The number of para-hydroxylation sites is 1. The Hall–Kier alpha value is -2.63. The van der Waals surface area contributed by atoms with Crippen molar-refractivity contribution in [1.29, 1.82) is 0 Å². The van der Waals surface area contributed by atoms with E-state index < -0.39 is 0 Å². The van der Waals surface area contributed by atoms with Crippen molar-refractivity contribution in [1.82, 2.24) is 9.47 Å². The van der Waals surface area contributed by atoms with Crippen molar-refractivity contribution in [3.05, 3.63) is 53.1 Å². The van der Waals surface area contributed by atoms with Crippen LogP contribution in [-0.2, 0) is 9.53 Å². The molecule has 2 heterocycles. The third kappa shape index (κ3) is 3.75. The summed E-state index contributed by atoms with van der Waals surface area (Å²) in [5, 5.41) is 0. The molecule has 0 saturated carbocycles. The number of carbonyl (C=O) groups excluding carboxylic acids is 2. The summed E-state index contributed by atoms with van der Waals surface area (Å²) >= 11 is 0. The van der Waals surface area contributed by atoms with Gasteiger partial charge in [0.15, 0.2) is 0 Å². The van der Waals surface area contributed by atoms with E-state index in [-0.39, 0.29) is 23.6 Å². The highest BCUT2D eigenvalue weighted by atomic mass is 19.1. The van der Waals surface area contributed by atoms with E-state index in [0.29, 0.717) is 36.6 Å². The van der Waals surface area contributed by atoms with Gasteiger partial charge in [-0.1, -0.05) is 12.1 Å². The highest BCUT2D eigenvalue weighted by molar-refractivity contribution is 5.96. The third-order valence-electron chi connectivity index (χ3n) is 5.08. The van der Waals surface area contributed by atoms with E-state index in [9.17, 15) is 14.0 Å². The molecule has 6 heteroatoms. The van der Waals surface area contributed by atoms with E-state index in [4.69, 9.17) is 4.74 Å². The number of ether oxygens (including phenoxy) is 1. The normalized spacial score (nSPS) is 17.0. The Kier molecular flexibility index (Phi) is 5.63. The summed E-state index contributed by atoms with van der Waals surface area (Å²) in [6.45, 7) is 6.76. The van der Waals surface area contributed by atoms with E-state index in [2.05, 4.69) is 0 Å². The minimum Gasteiger partial charge on any atom is -0.466 e. The van der Waals surface area contributed by atoms with Gasteiger partial charge in [-0.25, -0.2) is 4.39 Å². The summed E-state index contributed by atoms with van der Waals surface area (Å²) in [5.41, 5.74) is 2.45. The van der Waals surface area contributed by atoms with Crippen molar-refractivity contribution in [2.45, 2.75) is 33.6 Å². The Morgan fingerprint density at radius 1 is 1.26 bits per heavy atom. The molecule has 0 aliphatic carbocycles. The lowest BCUT2D eigenvalue weighted by Crippen LogP contribution is -2.43. The molecule has 2 aromatic rings. The van der Waals surface area contributed by atoms with Crippen LogP contribution < -0.4 is 0 Å². The molecule has 3 rings (SSSR count). The third-order valence-corrected chi connectivity index (χ3v) is 5.08. The van der Waals surface area contributed by atoms with Crippen LogP contribution in [0.5, 0.6) is 0 Å². The largest absolute Gasteiger partial charge is 0.466 e. The van der Waals surface area contributed by atoms with Gasteiger partial charge in [-0.05, 0) is 51.8 Å². The quantitative estimate of drug-likeness (QED) is 0.770. The number of halogens is 1. The minimum absolute atomic E-state index is 0.125. The number of carbonyl (C=O) groups is 2. The Bertz CT molecular complexity index is 859. The number of likely N-dealkylation sites (tertiary alicyclic amines) is 1. The molecule has 27 heavy (non-hydrogen) atoms. The van der Waals surface area contributed by atoms with Gasteiger partial charge < -0.3 is 14.2 Å². The first kappa shape index (κ1) is 19.1. The molecule has 144 valence electrons. The molecule has 1 amide bonds. The van der Waals surface area contributed by atoms with E-state index >= 15 is 0 Å². The number of hydrogen-bond donors (Lipinski definition) is 0. The van der Waals surface area contributed by atoms with Crippen LogP contribution in [0.4, 0.5) is 4.39 Å². The zero-order chi connectivity index (χ0) is 19.6. The fraction of sp³-hybridized carbons (Fsp3) is 0.429. The van der Waals surface area contributed by atoms with Crippen LogP contribution in [0.15, 0.2) is 30.3 Å². The minimum atomic E-state index is -0.335. The van der Waals surface area contributed by atoms with E-state index in [1.807, 2.05) is 13.8 Å². The molecule has 1 fully saturated rings. The molecule has 0 bridgehead atoms. The Balaban J connectivity index is 1.87. The number of nitrogens with zero attached hydrogens (tertiary/aromatic N) is 2. The predicted octanol–water partition coefficient (Wildman–Crippen LogP) is 3.65. The van der Waals surface area contributed by atoms with Crippen molar-refractivity contribution < 1.29 is 18.7 Å². The van der Waals surface area contributed by atoms with Gasteiger partial charge in [0, 0.05) is 24.5 Å². The van der Waals surface area contributed by atoms with Gasteiger partial charge in [0.25, 0.3) is 5.91 Å². The zero-order valence-electron chi connectivity index (χ0n) is 16.0. The van der Waals surface area contributed by atoms with Gasteiger partial charge in [-0.15, -0.1) is 0 Å². The Morgan fingerprint density at radius 2 is 2.00 bits per heavy atom. The lowest BCUT2D eigenvalue weighted by atomic mass is 9.97. The summed E-state index contributed by atoms with van der Waals surface area (Å²) in [7, 11) is 0. The maximum atomic E-state index is 14.2. The summed E-state index contributed by atoms with van der Waals surface area (Å²) < 4.78 is 21.1. The van der Waals surface area contributed by atoms with Gasteiger partial charge in [-0.3, -0.25) is 9.59 Å². The number of amides is 1. The number of aryl methyl sites for hydroxylation is 1. The summed E-state index contributed by atoms with van der Waals surface area (Å²) in [6.07, 6.45) is 1.50. The van der Waals surface area contributed by atoms with Crippen LogP contribution in [0, 0.1) is 25.6 Å². The molecule has 0 N–H and O–H groups in total. The average molecular weight is 372 g/mol. The fourth-order valence-corrected chi connectivity index (χ4v) is 3.77. The van der Waals surface area contributed by atoms with Gasteiger partial charge in [-0.2, -0.15) is 0 Å². The first-order valence-corrected chi connectivity index (χ1v) is 9.33. The van der Waals surface area contributed by atoms with Crippen LogP contribution in [0.25, 0.3) is 5.69 Å². The van der Waals surface area contributed by atoms with Crippen LogP contribution in [-0.4, -0.2) is 41.0 Å². The number of aromatic nitrogens is 1. The maximum Gasteiger partial charge on any atom is 0.310 e. The molecule has 1 atom stereocenters. The summed E-state index contributed by atoms with van der Waals surface area (Å²) in [5.74, 6) is -0.983. The smallest absolute Gasteiger partial charge is 0.310 e. The monoisotopic (exact) mass is 372 g/mol. The van der Waals surface area contributed by atoms with Crippen molar-refractivity contribution >= 4 is 11.9 Å². The first-order valence-electron chi connectivity index (χ1n) is 9.33. The molecule has 1 aliphatic rings. The number of esters is 1. The van der Waals surface area contributed by atoms with E-state index in [1.165, 1.54) is 6.07 Å². The van der Waals surface area contributed by atoms with E-state index in [0.717, 1.165) is 18.5 Å². The molecule has 1 unspecified atom stereocenters. The standard InChI is InChI=1S/C21H25FN2O3/c1-4-27-21(26)16-8-7-11-23(13-16)20(25)17-12-14(2)24(15(17)3)19-10-6-5-9-18(19)22/h5-6,9-10,12,16H,4,7-8,11,13H2,1-3H3. The topological polar surface area (TPSA) is 51.5 Å². The molecule has 0 radical (unpaired) electrons. The first-order chi connectivity index (χ1) is 12.9. The molecule has 5 nitrogen and oxygen atoms in total. The number of rotatable bonds is 4. The SMILES string of the molecule is CCOC(=O)C1CCCN(C(=O)c2cc(C)n(-c3ccccc3F)c2C)C1. The molecule has 1 aromatic carbocycles. The molecular weight excluding hydrogens is 347 g/mol. The van der Waals surface area contributed by atoms with Crippen molar-refractivity contribution in [2.75, 3.05) is 19.7 Å². The lowest BCUT2D eigenvalue weighted by Gasteiger charge is -2.31. The van der Waals surface area contributed by atoms with Gasteiger partial charge in [0.05, 0.1) is 23.8 Å². The molecule has 1 saturated heterocycles. The lowest BCUT2D eigenvalue weighted by molar-refractivity contribution is -0.149.